The molecule has 0 saturated carbocycles. The van der Waals surface area contributed by atoms with E-state index in [9.17, 15) is 10.1 Å². The van der Waals surface area contributed by atoms with Crippen molar-refractivity contribution in [3.63, 3.8) is 0 Å². The first-order chi connectivity index (χ1) is 9.94. The van der Waals surface area contributed by atoms with E-state index in [1.54, 1.807) is 6.92 Å². The molecule has 1 amide bonds. The Hall–Kier alpha value is -2.16. The lowest BCUT2D eigenvalue weighted by molar-refractivity contribution is -0.122. The summed E-state index contributed by atoms with van der Waals surface area (Å²) in [6.07, 6.45) is 1.44. The van der Waals surface area contributed by atoms with Crippen LogP contribution in [0.15, 0.2) is 0 Å². The fourth-order valence-corrected chi connectivity index (χ4v) is 2.07. The van der Waals surface area contributed by atoms with Gasteiger partial charge in [-0.3, -0.25) is 4.79 Å². The molecule has 2 N–H and O–H groups in total. The third-order valence-electron chi connectivity index (χ3n) is 3.14. The summed E-state index contributed by atoms with van der Waals surface area (Å²) in [7, 11) is 0. The van der Waals surface area contributed by atoms with Gasteiger partial charge in [-0.05, 0) is 39.2 Å². The van der Waals surface area contributed by atoms with Gasteiger partial charge in [-0.1, -0.05) is 13.8 Å². The standard InChI is InChI=1S/C15H23N5O/c1-6-11-12(8-16)14(20-19-13(11)7-2)18-10(5)15(21)17-9(3)4/h9-10H,6-7H2,1-5H3,(H,17,21)(H,18,20). The number of anilines is 1. The molecule has 1 aromatic rings. The van der Waals surface area contributed by atoms with Gasteiger partial charge < -0.3 is 10.6 Å². The average molecular weight is 289 g/mol. The Labute approximate surface area is 126 Å². The Morgan fingerprint density at radius 1 is 1.24 bits per heavy atom. The van der Waals surface area contributed by atoms with E-state index in [1.165, 1.54) is 0 Å². The summed E-state index contributed by atoms with van der Waals surface area (Å²) in [6.45, 7) is 9.50. The Bertz CT molecular complexity index is 548. The molecule has 1 aromatic heterocycles. The van der Waals surface area contributed by atoms with Crippen molar-refractivity contribution in [1.29, 1.82) is 5.26 Å². The van der Waals surface area contributed by atoms with E-state index in [-0.39, 0.29) is 11.9 Å². The zero-order valence-electron chi connectivity index (χ0n) is 13.3. The third-order valence-corrected chi connectivity index (χ3v) is 3.14. The van der Waals surface area contributed by atoms with Crippen molar-refractivity contribution in [3.8, 4) is 6.07 Å². The molecule has 0 aromatic carbocycles. The molecule has 6 heteroatoms. The molecule has 1 unspecified atom stereocenters. The summed E-state index contributed by atoms with van der Waals surface area (Å²) >= 11 is 0. The predicted octanol–water partition coefficient (Wildman–Crippen LogP) is 1.80. The van der Waals surface area contributed by atoms with Gasteiger partial charge in [0.25, 0.3) is 0 Å². The lowest BCUT2D eigenvalue weighted by Gasteiger charge is -2.18. The first-order valence-corrected chi connectivity index (χ1v) is 7.29. The number of carbonyl (C=O) groups is 1. The average Bonchev–Trinajstić information content (AvgIpc) is 2.45. The maximum absolute atomic E-state index is 11.9. The lowest BCUT2D eigenvalue weighted by Crippen LogP contribution is -2.41. The number of nitrogens with one attached hydrogen (secondary N) is 2. The first-order valence-electron chi connectivity index (χ1n) is 7.29. The first kappa shape index (κ1) is 16.9. The number of nitrogens with zero attached hydrogens (tertiary/aromatic N) is 3. The summed E-state index contributed by atoms with van der Waals surface area (Å²) in [6, 6.07) is 1.76. The summed E-state index contributed by atoms with van der Waals surface area (Å²) in [5.41, 5.74) is 2.21. The second-order valence-corrected chi connectivity index (χ2v) is 5.20. The highest BCUT2D eigenvalue weighted by atomic mass is 16.2. The van der Waals surface area contributed by atoms with Gasteiger partial charge in [-0.15, -0.1) is 5.10 Å². The predicted molar refractivity (Wildman–Crippen MR) is 81.9 cm³/mol. The van der Waals surface area contributed by atoms with Crippen molar-refractivity contribution < 1.29 is 4.79 Å². The highest BCUT2D eigenvalue weighted by molar-refractivity contribution is 5.84. The van der Waals surface area contributed by atoms with Crippen molar-refractivity contribution in [3.05, 3.63) is 16.8 Å². The number of hydrogen-bond acceptors (Lipinski definition) is 5. The van der Waals surface area contributed by atoms with Crippen LogP contribution in [-0.4, -0.2) is 28.2 Å². The number of amides is 1. The molecule has 0 spiro atoms. The maximum Gasteiger partial charge on any atom is 0.242 e. The van der Waals surface area contributed by atoms with E-state index in [4.69, 9.17) is 0 Å². The normalized spacial score (nSPS) is 11.9. The number of aromatic nitrogens is 2. The van der Waals surface area contributed by atoms with E-state index in [2.05, 4.69) is 26.9 Å². The van der Waals surface area contributed by atoms with Gasteiger partial charge in [0.1, 0.15) is 17.7 Å². The molecule has 1 atom stereocenters. The molecule has 1 rings (SSSR count). The second-order valence-electron chi connectivity index (χ2n) is 5.20. The van der Waals surface area contributed by atoms with Crippen LogP contribution in [0.3, 0.4) is 0 Å². The summed E-state index contributed by atoms with van der Waals surface area (Å²) in [5.74, 6) is 0.242. The van der Waals surface area contributed by atoms with Crippen LogP contribution in [0, 0.1) is 11.3 Å². The van der Waals surface area contributed by atoms with Crippen LogP contribution < -0.4 is 10.6 Å². The third kappa shape index (κ3) is 4.15. The van der Waals surface area contributed by atoms with Gasteiger partial charge in [-0.2, -0.15) is 10.4 Å². The largest absolute Gasteiger partial charge is 0.356 e. The van der Waals surface area contributed by atoms with E-state index < -0.39 is 6.04 Å². The quantitative estimate of drug-likeness (QED) is 0.833. The minimum Gasteiger partial charge on any atom is -0.356 e. The Kier molecular flexibility index (Phi) is 6.10. The molecule has 114 valence electrons. The van der Waals surface area contributed by atoms with E-state index in [0.29, 0.717) is 17.8 Å². The zero-order valence-corrected chi connectivity index (χ0v) is 13.3. The van der Waals surface area contributed by atoms with Crippen molar-refractivity contribution in [2.24, 2.45) is 0 Å². The molecule has 21 heavy (non-hydrogen) atoms. The molecular weight excluding hydrogens is 266 g/mol. The molecular formula is C15H23N5O. The van der Waals surface area contributed by atoms with E-state index in [0.717, 1.165) is 17.7 Å². The molecule has 0 bridgehead atoms. The fraction of sp³-hybridized carbons (Fsp3) is 0.600. The van der Waals surface area contributed by atoms with Gasteiger partial charge in [-0.25, -0.2) is 0 Å². The zero-order chi connectivity index (χ0) is 16.0. The van der Waals surface area contributed by atoms with Crippen LogP contribution in [0.4, 0.5) is 5.82 Å². The summed E-state index contributed by atoms with van der Waals surface area (Å²) < 4.78 is 0. The summed E-state index contributed by atoms with van der Waals surface area (Å²) in [4.78, 5) is 11.9. The van der Waals surface area contributed by atoms with Crippen molar-refractivity contribution in [2.75, 3.05) is 5.32 Å². The maximum atomic E-state index is 11.9. The Balaban J connectivity index is 3.04. The molecule has 0 radical (unpaired) electrons. The summed E-state index contributed by atoms with van der Waals surface area (Å²) in [5, 5.41) is 23.4. The van der Waals surface area contributed by atoms with Crippen LogP contribution in [0.5, 0.6) is 0 Å². The second kappa shape index (κ2) is 7.58. The van der Waals surface area contributed by atoms with Crippen LogP contribution in [0.2, 0.25) is 0 Å². The number of nitriles is 1. The van der Waals surface area contributed by atoms with E-state index >= 15 is 0 Å². The number of carbonyl (C=O) groups excluding carboxylic acids is 1. The number of rotatable bonds is 6. The Morgan fingerprint density at radius 2 is 1.90 bits per heavy atom. The fourth-order valence-electron chi connectivity index (χ4n) is 2.07. The lowest BCUT2D eigenvalue weighted by atomic mass is 10.0. The van der Waals surface area contributed by atoms with Gasteiger partial charge in [0.15, 0.2) is 5.82 Å². The minimum absolute atomic E-state index is 0.0666. The molecule has 1 heterocycles. The molecule has 0 aliphatic rings. The van der Waals surface area contributed by atoms with Crippen LogP contribution in [-0.2, 0) is 17.6 Å². The van der Waals surface area contributed by atoms with Crippen LogP contribution >= 0.6 is 0 Å². The topological polar surface area (TPSA) is 90.7 Å². The molecule has 0 aliphatic heterocycles. The highest BCUT2D eigenvalue weighted by Gasteiger charge is 2.19. The van der Waals surface area contributed by atoms with Crippen molar-refractivity contribution >= 4 is 11.7 Å². The minimum atomic E-state index is -0.481. The van der Waals surface area contributed by atoms with Gasteiger partial charge in [0.05, 0.1) is 5.69 Å². The molecule has 6 nitrogen and oxygen atoms in total. The van der Waals surface area contributed by atoms with Crippen molar-refractivity contribution in [2.45, 2.75) is 59.5 Å². The van der Waals surface area contributed by atoms with Crippen molar-refractivity contribution in [1.82, 2.24) is 15.5 Å². The van der Waals surface area contributed by atoms with E-state index in [1.807, 2.05) is 27.7 Å². The molecule has 0 saturated heterocycles. The smallest absolute Gasteiger partial charge is 0.242 e. The Morgan fingerprint density at radius 3 is 2.38 bits per heavy atom. The highest BCUT2D eigenvalue weighted by Crippen LogP contribution is 2.20. The van der Waals surface area contributed by atoms with Gasteiger partial charge >= 0.3 is 0 Å². The molecule has 0 aliphatic carbocycles. The monoisotopic (exact) mass is 289 g/mol. The molecule has 0 fully saturated rings. The number of aryl methyl sites for hydroxylation is 1. The number of hydrogen-bond donors (Lipinski definition) is 2. The van der Waals surface area contributed by atoms with Gasteiger partial charge in [0.2, 0.25) is 5.91 Å². The van der Waals surface area contributed by atoms with Crippen LogP contribution in [0.25, 0.3) is 0 Å². The van der Waals surface area contributed by atoms with Crippen LogP contribution in [0.1, 0.15) is 51.4 Å². The SMILES string of the molecule is CCc1nnc(NC(C)C(=O)NC(C)C)c(C#N)c1CC. The van der Waals surface area contributed by atoms with Gasteiger partial charge in [0, 0.05) is 6.04 Å².